The minimum absolute atomic E-state index is 0.156. The van der Waals surface area contributed by atoms with Crippen LogP contribution in [-0.2, 0) is 23.8 Å². The molecule has 0 aromatic rings. The van der Waals surface area contributed by atoms with Crippen molar-refractivity contribution in [3.63, 3.8) is 0 Å². The van der Waals surface area contributed by atoms with E-state index in [0.29, 0.717) is 0 Å². The summed E-state index contributed by atoms with van der Waals surface area (Å²) < 4.78 is 31.4. The van der Waals surface area contributed by atoms with Gasteiger partial charge in [-0.1, -0.05) is 0 Å². The molecule has 1 fully saturated rings. The lowest BCUT2D eigenvalue weighted by molar-refractivity contribution is -0.121. The predicted octanol–water partition coefficient (Wildman–Crippen LogP) is -0.256. The van der Waals surface area contributed by atoms with Crippen molar-refractivity contribution < 1.29 is 26.9 Å². The van der Waals surface area contributed by atoms with Gasteiger partial charge in [0.2, 0.25) is 5.91 Å². The highest BCUT2D eigenvalue weighted by molar-refractivity contribution is 7.85. The van der Waals surface area contributed by atoms with Gasteiger partial charge in [-0.3, -0.25) is 8.98 Å². The summed E-state index contributed by atoms with van der Waals surface area (Å²) in [6.07, 6.45) is 0.482. The Hall–Kier alpha value is -1.35. The lowest BCUT2D eigenvalue weighted by atomic mass is 10.2. The van der Waals surface area contributed by atoms with Gasteiger partial charge in [-0.25, -0.2) is 4.79 Å². The van der Waals surface area contributed by atoms with Crippen molar-refractivity contribution in [2.75, 3.05) is 12.9 Å². The third-order valence-electron chi connectivity index (χ3n) is 2.36. The fourth-order valence-electron chi connectivity index (χ4n) is 1.64. The first-order valence-electron chi connectivity index (χ1n) is 6.10. The number of carbonyl (C=O) groups excluding carboxylic acids is 2. The Kier molecular flexibility index (Phi) is 4.98. The van der Waals surface area contributed by atoms with E-state index in [1.54, 1.807) is 20.8 Å². The molecule has 9 heteroatoms. The summed E-state index contributed by atoms with van der Waals surface area (Å²) in [7, 11) is -3.56. The Labute approximate surface area is 118 Å². The van der Waals surface area contributed by atoms with Crippen molar-refractivity contribution in [3.8, 4) is 0 Å². The molecule has 0 aromatic carbocycles. The predicted molar refractivity (Wildman–Crippen MR) is 70.5 cm³/mol. The maximum atomic E-state index is 11.6. The lowest BCUT2D eigenvalue weighted by Crippen LogP contribution is -2.42. The highest BCUT2D eigenvalue weighted by atomic mass is 32.2. The van der Waals surface area contributed by atoms with Gasteiger partial charge in [-0.2, -0.15) is 8.42 Å². The Morgan fingerprint density at radius 2 is 2.05 bits per heavy atom. The van der Waals surface area contributed by atoms with Crippen LogP contribution in [0.3, 0.4) is 0 Å². The number of amides is 2. The van der Waals surface area contributed by atoms with Crippen molar-refractivity contribution >= 4 is 22.1 Å². The molecule has 1 aliphatic rings. The molecule has 8 nitrogen and oxygen atoms in total. The topological polar surface area (TPSA) is 111 Å². The fraction of sp³-hybridized carbons (Fsp3) is 0.818. The maximum Gasteiger partial charge on any atom is 0.408 e. The van der Waals surface area contributed by atoms with E-state index in [0.717, 1.165) is 6.26 Å². The molecule has 0 aliphatic carbocycles. The molecule has 1 rings (SSSR count). The summed E-state index contributed by atoms with van der Waals surface area (Å²) in [5.74, 6) is -0.391. The molecule has 0 spiro atoms. The van der Waals surface area contributed by atoms with Gasteiger partial charge in [0.05, 0.1) is 18.9 Å². The van der Waals surface area contributed by atoms with Crippen LogP contribution in [0.15, 0.2) is 0 Å². The van der Waals surface area contributed by atoms with E-state index in [1.807, 2.05) is 0 Å². The monoisotopic (exact) mass is 308 g/mol. The molecule has 0 bridgehead atoms. The van der Waals surface area contributed by atoms with E-state index in [-0.39, 0.29) is 13.0 Å². The molecule has 1 saturated heterocycles. The number of carbonyl (C=O) groups is 2. The highest BCUT2D eigenvalue weighted by Crippen LogP contribution is 2.12. The molecule has 2 amide bonds. The Balaban J connectivity index is 2.46. The molecule has 2 unspecified atom stereocenters. The summed E-state index contributed by atoms with van der Waals surface area (Å²) in [4.78, 5) is 23.2. The smallest absolute Gasteiger partial charge is 0.408 e. The standard InChI is InChI=1S/C11H20N2O6S/c1-11(2,3)19-10(15)13-8-5-7(12-9(8)14)6-18-20(4,16)17/h7-8H,5-6H2,1-4H3,(H,12,14)(H,13,15). The second-order valence-corrected chi connectivity index (χ2v) is 7.27. The molecule has 2 atom stereocenters. The first kappa shape index (κ1) is 16.7. The van der Waals surface area contributed by atoms with Gasteiger partial charge in [0.25, 0.3) is 10.1 Å². The van der Waals surface area contributed by atoms with Crippen molar-refractivity contribution in [1.29, 1.82) is 0 Å². The second kappa shape index (κ2) is 5.96. The summed E-state index contributed by atoms with van der Waals surface area (Å²) in [5, 5.41) is 4.98. The van der Waals surface area contributed by atoms with Crippen LogP contribution in [0, 0.1) is 0 Å². The van der Waals surface area contributed by atoms with E-state index in [9.17, 15) is 18.0 Å². The zero-order valence-electron chi connectivity index (χ0n) is 11.9. The minimum atomic E-state index is -3.56. The molecule has 0 radical (unpaired) electrons. The first-order chi connectivity index (χ1) is 8.96. The van der Waals surface area contributed by atoms with Gasteiger partial charge in [0.1, 0.15) is 11.6 Å². The van der Waals surface area contributed by atoms with Gasteiger partial charge < -0.3 is 15.4 Å². The molecular weight excluding hydrogens is 288 g/mol. The van der Waals surface area contributed by atoms with Crippen molar-refractivity contribution in [3.05, 3.63) is 0 Å². The molecule has 20 heavy (non-hydrogen) atoms. The number of hydrogen-bond acceptors (Lipinski definition) is 6. The normalized spacial score (nSPS) is 23.3. The van der Waals surface area contributed by atoms with Crippen LogP contribution in [0.25, 0.3) is 0 Å². The zero-order valence-corrected chi connectivity index (χ0v) is 12.7. The molecule has 116 valence electrons. The average Bonchev–Trinajstić information content (AvgIpc) is 2.53. The molecule has 1 heterocycles. The van der Waals surface area contributed by atoms with Gasteiger partial charge in [-0.05, 0) is 27.2 Å². The van der Waals surface area contributed by atoms with Crippen molar-refractivity contribution in [2.24, 2.45) is 0 Å². The molecular formula is C11H20N2O6S. The third kappa shape index (κ3) is 6.20. The minimum Gasteiger partial charge on any atom is -0.444 e. The zero-order chi connectivity index (χ0) is 15.6. The SMILES string of the molecule is CC(C)(C)OC(=O)NC1CC(COS(C)(=O)=O)NC1=O. The third-order valence-corrected chi connectivity index (χ3v) is 2.92. The summed E-state index contributed by atoms with van der Waals surface area (Å²) in [6, 6.07) is -1.21. The van der Waals surface area contributed by atoms with Crippen molar-refractivity contribution in [2.45, 2.75) is 44.9 Å². The van der Waals surface area contributed by atoms with Gasteiger partial charge >= 0.3 is 6.09 Å². The highest BCUT2D eigenvalue weighted by Gasteiger charge is 2.34. The Bertz CT molecular complexity index is 482. The van der Waals surface area contributed by atoms with Crippen LogP contribution in [0.1, 0.15) is 27.2 Å². The van der Waals surface area contributed by atoms with E-state index in [4.69, 9.17) is 4.74 Å². The molecule has 2 N–H and O–H groups in total. The first-order valence-corrected chi connectivity index (χ1v) is 7.92. The maximum absolute atomic E-state index is 11.6. The van der Waals surface area contributed by atoms with Gasteiger partial charge in [-0.15, -0.1) is 0 Å². The van der Waals surface area contributed by atoms with Crippen LogP contribution in [-0.4, -0.2) is 51.0 Å². The lowest BCUT2D eigenvalue weighted by Gasteiger charge is -2.21. The van der Waals surface area contributed by atoms with E-state index < -0.39 is 39.8 Å². The number of alkyl carbamates (subject to hydrolysis) is 1. The van der Waals surface area contributed by atoms with Gasteiger partial charge in [0, 0.05) is 0 Å². The number of hydrogen-bond donors (Lipinski definition) is 2. The largest absolute Gasteiger partial charge is 0.444 e. The quantitative estimate of drug-likeness (QED) is 0.693. The summed E-state index contributed by atoms with van der Waals surface area (Å²) in [5.41, 5.74) is -0.655. The van der Waals surface area contributed by atoms with Crippen molar-refractivity contribution in [1.82, 2.24) is 10.6 Å². The average molecular weight is 308 g/mol. The summed E-state index contributed by atoms with van der Waals surface area (Å²) >= 11 is 0. The fourth-order valence-corrected chi connectivity index (χ4v) is 2.05. The molecule has 0 saturated carbocycles. The Morgan fingerprint density at radius 1 is 1.45 bits per heavy atom. The van der Waals surface area contributed by atoms with E-state index >= 15 is 0 Å². The second-order valence-electron chi connectivity index (χ2n) is 5.63. The van der Waals surface area contributed by atoms with Crippen LogP contribution in [0.2, 0.25) is 0 Å². The summed E-state index contributed by atoms with van der Waals surface area (Å²) in [6.45, 7) is 4.98. The Morgan fingerprint density at radius 3 is 2.55 bits per heavy atom. The number of ether oxygens (including phenoxy) is 1. The van der Waals surface area contributed by atoms with Crippen LogP contribution in [0.4, 0.5) is 4.79 Å². The molecule has 1 aliphatic heterocycles. The van der Waals surface area contributed by atoms with Crippen LogP contribution in [0.5, 0.6) is 0 Å². The van der Waals surface area contributed by atoms with E-state index in [1.165, 1.54) is 0 Å². The van der Waals surface area contributed by atoms with Crippen LogP contribution >= 0.6 is 0 Å². The molecule has 0 aromatic heterocycles. The van der Waals surface area contributed by atoms with Crippen LogP contribution < -0.4 is 10.6 Å². The van der Waals surface area contributed by atoms with E-state index in [2.05, 4.69) is 14.8 Å². The number of rotatable bonds is 4. The van der Waals surface area contributed by atoms with Gasteiger partial charge in [0.15, 0.2) is 0 Å². The number of nitrogens with one attached hydrogen (secondary N) is 2.